The predicted molar refractivity (Wildman–Crippen MR) is 153 cm³/mol. The van der Waals surface area contributed by atoms with Gasteiger partial charge in [-0.05, 0) is 73.0 Å². The van der Waals surface area contributed by atoms with Crippen molar-refractivity contribution in [3.8, 4) is 17.2 Å². The van der Waals surface area contributed by atoms with Gasteiger partial charge in [0.25, 0.3) is 5.78 Å². The van der Waals surface area contributed by atoms with Gasteiger partial charge in [-0.1, -0.05) is 30.4 Å². The molecule has 0 spiro atoms. The number of ether oxygens (including phenoxy) is 3. The molecule has 3 heterocycles. The van der Waals surface area contributed by atoms with E-state index in [0.29, 0.717) is 46.3 Å². The molecule has 0 aliphatic carbocycles. The first-order valence-corrected chi connectivity index (χ1v) is 14.0. The number of hydrogen-bond acceptors (Lipinski definition) is 8. The molecule has 1 aromatic heterocycles. The van der Waals surface area contributed by atoms with E-state index in [0.717, 1.165) is 22.4 Å². The Hall–Kier alpha value is -4.37. The van der Waals surface area contributed by atoms with Crippen LogP contribution in [0.2, 0.25) is 0 Å². The molecule has 6 rings (SSSR count). The summed E-state index contributed by atoms with van der Waals surface area (Å²) < 4.78 is 17.7. The van der Waals surface area contributed by atoms with E-state index < -0.39 is 17.7 Å². The number of benzene rings is 3. The lowest BCUT2D eigenvalue weighted by molar-refractivity contribution is -0.132. The molecule has 1 fully saturated rings. The van der Waals surface area contributed by atoms with Gasteiger partial charge in [0.05, 0.1) is 35.5 Å². The van der Waals surface area contributed by atoms with Crippen molar-refractivity contribution in [2.45, 2.75) is 38.8 Å². The number of hydrogen-bond donors (Lipinski definition) is 1. The van der Waals surface area contributed by atoms with Crippen LogP contribution in [0.4, 0.5) is 5.13 Å². The van der Waals surface area contributed by atoms with Crippen LogP contribution >= 0.6 is 11.3 Å². The van der Waals surface area contributed by atoms with Gasteiger partial charge in [-0.2, -0.15) is 0 Å². The summed E-state index contributed by atoms with van der Waals surface area (Å²) in [4.78, 5) is 33.3. The van der Waals surface area contributed by atoms with E-state index in [9.17, 15) is 14.7 Å². The van der Waals surface area contributed by atoms with Crippen molar-refractivity contribution in [1.82, 2.24) is 4.98 Å². The molecule has 3 aromatic carbocycles. The van der Waals surface area contributed by atoms with Crippen molar-refractivity contribution in [2.24, 2.45) is 0 Å². The van der Waals surface area contributed by atoms with Crippen LogP contribution in [-0.4, -0.2) is 41.6 Å². The first-order valence-electron chi connectivity index (χ1n) is 13.2. The van der Waals surface area contributed by atoms with Crippen molar-refractivity contribution in [2.75, 3.05) is 18.6 Å². The van der Waals surface area contributed by atoms with E-state index in [4.69, 9.17) is 14.2 Å². The van der Waals surface area contributed by atoms with E-state index >= 15 is 0 Å². The lowest BCUT2D eigenvalue weighted by Crippen LogP contribution is -2.29. The third kappa shape index (κ3) is 4.46. The minimum absolute atomic E-state index is 0.0102. The fourth-order valence-corrected chi connectivity index (χ4v) is 6.18. The Bertz CT molecular complexity index is 1660. The molecule has 0 radical (unpaired) electrons. The molecule has 2 atom stereocenters. The van der Waals surface area contributed by atoms with Crippen molar-refractivity contribution < 1.29 is 28.9 Å². The average Bonchev–Trinajstić information content (AvgIpc) is 3.63. The van der Waals surface area contributed by atoms with E-state index in [1.807, 2.05) is 56.3 Å². The zero-order valence-electron chi connectivity index (χ0n) is 22.3. The highest BCUT2D eigenvalue weighted by molar-refractivity contribution is 7.22. The summed E-state index contributed by atoms with van der Waals surface area (Å²) in [7, 11) is 1.58. The quantitative estimate of drug-likeness (QED) is 0.168. The maximum absolute atomic E-state index is 13.6. The molecule has 2 aliphatic rings. The predicted octanol–water partition coefficient (Wildman–Crippen LogP) is 6.04. The Labute approximate surface area is 235 Å². The number of aromatic nitrogens is 1. The van der Waals surface area contributed by atoms with Gasteiger partial charge in [0, 0.05) is 12.0 Å². The number of aliphatic hydroxyl groups excluding tert-OH is 1. The summed E-state index contributed by atoms with van der Waals surface area (Å²) in [6, 6.07) is 17.1. The molecule has 4 aromatic rings. The maximum Gasteiger partial charge on any atom is 0.301 e. The zero-order valence-corrected chi connectivity index (χ0v) is 23.2. The third-order valence-electron chi connectivity index (χ3n) is 7.07. The standard InChI is InChI=1S/C31H28N2O6S/c1-4-13-38-21-8-5-18(6-9-21)27-26(28(34)19-7-12-24-20(15-19)14-17(2)39-24)29(35)30(36)33(27)31-32-23-11-10-22(37-3)16-25(23)40-31/h5-12,15-17,27,34H,4,13-14H2,1-3H3/b28-26-. The van der Waals surface area contributed by atoms with E-state index in [2.05, 4.69) is 4.98 Å². The fraction of sp³-hybridized carbons (Fsp3) is 0.258. The van der Waals surface area contributed by atoms with Gasteiger partial charge >= 0.3 is 5.91 Å². The summed E-state index contributed by atoms with van der Waals surface area (Å²) in [6.45, 7) is 4.58. The van der Waals surface area contributed by atoms with Crippen molar-refractivity contribution in [3.05, 3.63) is 82.9 Å². The summed E-state index contributed by atoms with van der Waals surface area (Å²) in [5.74, 6) is 0.356. The number of fused-ring (bicyclic) bond motifs is 2. The van der Waals surface area contributed by atoms with Crippen LogP contribution in [0.15, 0.2) is 66.2 Å². The van der Waals surface area contributed by atoms with Gasteiger partial charge in [-0.25, -0.2) is 4.98 Å². The largest absolute Gasteiger partial charge is 0.507 e. The van der Waals surface area contributed by atoms with E-state index in [-0.39, 0.29) is 17.4 Å². The summed E-state index contributed by atoms with van der Waals surface area (Å²) in [5.41, 5.74) is 2.74. The number of ketones is 1. The highest BCUT2D eigenvalue weighted by Gasteiger charge is 2.48. The number of rotatable bonds is 7. The molecule has 2 aliphatic heterocycles. The lowest BCUT2D eigenvalue weighted by atomic mass is 9.94. The van der Waals surface area contributed by atoms with Crippen molar-refractivity contribution >= 4 is 44.1 Å². The highest BCUT2D eigenvalue weighted by atomic mass is 32.1. The number of thiazole rings is 1. The molecule has 1 N–H and O–H groups in total. The van der Waals surface area contributed by atoms with Crippen LogP contribution in [0.3, 0.4) is 0 Å². The van der Waals surface area contributed by atoms with Gasteiger partial charge in [0.1, 0.15) is 29.1 Å². The number of methoxy groups -OCH3 is 1. The summed E-state index contributed by atoms with van der Waals surface area (Å²) >= 11 is 1.28. The topological polar surface area (TPSA) is 98.2 Å². The van der Waals surface area contributed by atoms with Crippen LogP contribution in [0.5, 0.6) is 17.2 Å². The number of Topliss-reactive ketones (excluding diaryl/α,β-unsaturated/α-hetero) is 1. The Morgan fingerprint density at radius 2 is 1.88 bits per heavy atom. The van der Waals surface area contributed by atoms with Crippen LogP contribution in [0.1, 0.15) is 43.0 Å². The van der Waals surface area contributed by atoms with Crippen molar-refractivity contribution in [1.29, 1.82) is 0 Å². The number of amides is 1. The van der Waals surface area contributed by atoms with Crippen LogP contribution in [-0.2, 0) is 16.0 Å². The number of carbonyl (C=O) groups excluding carboxylic acids is 2. The summed E-state index contributed by atoms with van der Waals surface area (Å²) in [6.07, 6.45) is 1.60. The smallest absolute Gasteiger partial charge is 0.301 e. The van der Waals surface area contributed by atoms with Gasteiger partial charge in [-0.3, -0.25) is 14.5 Å². The minimum atomic E-state index is -0.883. The number of aliphatic hydroxyl groups is 1. The summed E-state index contributed by atoms with van der Waals surface area (Å²) in [5, 5.41) is 11.9. The van der Waals surface area contributed by atoms with Crippen LogP contribution in [0.25, 0.3) is 16.0 Å². The monoisotopic (exact) mass is 556 g/mol. The maximum atomic E-state index is 13.6. The zero-order chi connectivity index (χ0) is 28.0. The Balaban J connectivity index is 1.49. The first-order chi connectivity index (χ1) is 19.4. The fourth-order valence-electron chi connectivity index (χ4n) is 5.16. The van der Waals surface area contributed by atoms with E-state index in [1.54, 1.807) is 25.3 Å². The molecule has 8 nitrogen and oxygen atoms in total. The first kappa shape index (κ1) is 25.9. The third-order valence-corrected chi connectivity index (χ3v) is 8.09. The lowest BCUT2D eigenvalue weighted by Gasteiger charge is -2.23. The van der Waals surface area contributed by atoms with Gasteiger partial charge in [0.2, 0.25) is 0 Å². The normalized spacial score (nSPS) is 19.6. The molecule has 40 heavy (non-hydrogen) atoms. The molecule has 2 unspecified atom stereocenters. The number of anilines is 1. The highest BCUT2D eigenvalue weighted by Crippen LogP contribution is 2.45. The number of carbonyl (C=O) groups is 2. The second-order valence-electron chi connectivity index (χ2n) is 9.87. The molecule has 0 bridgehead atoms. The van der Waals surface area contributed by atoms with Gasteiger partial charge in [-0.15, -0.1) is 0 Å². The Morgan fingerprint density at radius 3 is 2.62 bits per heavy atom. The average molecular weight is 557 g/mol. The molecular formula is C31H28N2O6S. The van der Waals surface area contributed by atoms with Crippen LogP contribution in [0, 0.1) is 0 Å². The second-order valence-corrected chi connectivity index (χ2v) is 10.9. The Morgan fingerprint density at radius 1 is 1.10 bits per heavy atom. The molecule has 1 amide bonds. The second kappa shape index (κ2) is 10.3. The molecule has 0 saturated carbocycles. The molecule has 1 saturated heterocycles. The van der Waals surface area contributed by atoms with Crippen LogP contribution < -0.4 is 19.1 Å². The minimum Gasteiger partial charge on any atom is -0.507 e. The molecule has 204 valence electrons. The van der Waals surface area contributed by atoms with Crippen molar-refractivity contribution in [3.63, 3.8) is 0 Å². The Kier molecular flexibility index (Phi) is 6.67. The SMILES string of the molecule is CCCOc1ccc(C2/C(=C(/O)c3ccc4c(c3)CC(C)O4)C(=O)C(=O)N2c2nc3ccc(OC)cc3s2)cc1. The van der Waals surface area contributed by atoms with E-state index in [1.165, 1.54) is 16.2 Å². The number of nitrogens with zero attached hydrogens (tertiary/aromatic N) is 2. The molecule has 9 heteroatoms. The molecular weight excluding hydrogens is 528 g/mol. The van der Waals surface area contributed by atoms with Gasteiger partial charge in [0.15, 0.2) is 5.13 Å². The van der Waals surface area contributed by atoms with Gasteiger partial charge < -0.3 is 19.3 Å².